The number of halogens is 1. The van der Waals surface area contributed by atoms with Crippen molar-refractivity contribution in [1.29, 1.82) is 0 Å². The fourth-order valence-electron chi connectivity index (χ4n) is 1.76. The fourth-order valence-corrected chi connectivity index (χ4v) is 2.19. The molecule has 0 radical (unpaired) electrons. The van der Waals surface area contributed by atoms with Crippen LogP contribution in [0.1, 0.15) is 24.1 Å². The second-order valence-electron chi connectivity index (χ2n) is 4.10. The molecule has 1 N–H and O–H groups in total. The SMILES string of the molecule is C[C@@H](NCc1ccccc1Br)c1ccccc1. The maximum absolute atomic E-state index is 3.56. The Labute approximate surface area is 111 Å². The molecule has 2 heteroatoms. The van der Waals surface area contributed by atoms with E-state index in [-0.39, 0.29) is 0 Å². The van der Waals surface area contributed by atoms with Crippen LogP contribution >= 0.6 is 15.9 Å². The summed E-state index contributed by atoms with van der Waals surface area (Å²) in [7, 11) is 0. The standard InChI is InChI=1S/C15H16BrN/c1-12(13-7-3-2-4-8-13)17-11-14-9-5-6-10-15(14)16/h2-10,12,17H,11H2,1H3/t12-/m1/s1. The molecule has 0 aliphatic rings. The molecule has 17 heavy (non-hydrogen) atoms. The molecular weight excluding hydrogens is 274 g/mol. The molecule has 0 saturated heterocycles. The molecule has 1 nitrogen and oxygen atoms in total. The van der Waals surface area contributed by atoms with Gasteiger partial charge in [-0.2, -0.15) is 0 Å². The molecule has 0 bridgehead atoms. The van der Waals surface area contributed by atoms with E-state index < -0.39 is 0 Å². The third-order valence-electron chi connectivity index (χ3n) is 2.86. The van der Waals surface area contributed by atoms with Crippen LogP contribution in [-0.4, -0.2) is 0 Å². The van der Waals surface area contributed by atoms with Crippen LogP contribution in [0.4, 0.5) is 0 Å². The summed E-state index contributed by atoms with van der Waals surface area (Å²) in [5.74, 6) is 0. The van der Waals surface area contributed by atoms with E-state index in [1.807, 2.05) is 12.1 Å². The van der Waals surface area contributed by atoms with Crippen LogP contribution in [0.2, 0.25) is 0 Å². The lowest BCUT2D eigenvalue weighted by molar-refractivity contribution is 0.574. The summed E-state index contributed by atoms with van der Waals surface area (Å²) in [5, 5.41) is 3.53. The molecule has 2 rings (SSSR count). The summed E-state index contributed by atoms with van der Waals surface area (Å²) in [4.78, 5) is 0. The lowest BCUT2D eigenvalue weighted by Crippen LogP contribution is -2.18. The Bertz CT molecular complexity index is 467. The monoisotopic (exact) mass is 289 g/mol. The Morgan fingerprint density at radius 1 is 1.00 bits per heavy atom. The Hall–Kier alpha value is -1.12. The molecule has 0 heterocycles. The number of rotatable bonds is 4. The summed E-state index contributed by atoms with van der Waals surface area (Å²) in [6.07, 6.45) is 0. The zero-order valence-corrected chi connectivity index (χ0v) is 11.4. The third-order valence-corrected chi connectivity index (χ3v) is 3.63. The van der Waals surface area contributed by atoms with Gasteiger partial charge in [0.15, 0.2) is 0 Å². The van der Waals surface area contributed by atoms with Crippen molar-refractivity contribution in [2.24, 2.45) is 0 Å². The summed E-state index contributed by atoms with van der Waals surface area (Å²) < 4.78 is 1.16. The Morgan fingerprint density at radius 2 is 1.65 bits per heavy atom. The average Bonchev–Trinajstić information content (AvgIpc) is 2.38. The van der Waals surface area contributed by atoms with Gasteiger partial charge in [-0.15, -0.1) is 0 Å². The number of hydrogen-bond donors (Lipinski definition) is 1. The van der Waals surface area contributed by atoms with E-state index in [2.05, 4.69) is 70.6 Å². The van der Waals surface area contributed by atoms with Gasteiger partial charge < -0.3 is 5.32 Å². The van der Waals surface area contributed by atoms with Gasteiger partial charge in [-0.25, -0.2) is 0 Å². The van der Waals surface area contributed by atoms with E-state index >= 15 is 0 Å². The highest BCUT2D eigenvalue weighted by Crippen LogP contribution is 2.17. The normalized spacial score (nSPS) is 12.4. The second-order valence-corrected chi connectivity index (χ2v) is 4.96. The molecular formula is C15H16BrN. The summed E-state index contributed by atoms with van der Waals surface area (Å²) >= 11 is 3.56. The Balaban J connectivity index is 1.97. The van der Waals surface area contributed by atoms with Crippen LogP contribution in [0.5, 0.6) is 0 Å². The summed E-state index contributed by atoms with van der Waals surface area (Å²) in [6, 6.07) is 19.2. The van der Waals surface area contributed by atoms with Gasteiger partial charge in [-0.05, 0) is 24.1 Å². The fraction of sp³-hybridized carbons (Fsp3) is 0.200. The van der Waals surface area contributed by atoms with E-state index in [1.165, 1.54) is 11.1 Å². The topological polar surface area (TPSA) is 12.0 Å². The Morgan fingerprint density at radius 3 is 2.35 bits per heavy atom. The van der Waals surface area contributed by atoms with Crippen molar-refractivity contribution < 1.29 is 0 Å². The van der Waals surface area contributed by atoms with E-state index in [1.54, 1.807) is 0 Å². The van der Waals surface area contributed by atoms with Crippen molar-refractivity contribution in [2.45, 2.75) is 19.5 Å². The van der Waals surface area contributed by atoms with E-state index in [4.69, 9.17) is 0 Å². The molecule has 0 amide bonds. The highest BCUT2D eigenvalue weighted by Gasteiger charge is 2.04. The predicted octanol–water partition coefficient (Wildman–Crippen LogP) is 4.30. The molecule has 0 aliphatic heterocycles. The first kappa shape index (κ1) is 12.3. The zero-order valence-electron chi connectivity index (χ0n) is 9.86. The van der Waals surface area contributed by atoms with Crippen LogP contribution in [0.3, 0.4) is 0 Å². The summed E-state index contributed by atoms with van der Waals surface area (Å²) in [6.45, 7) is 3.06. The van der Waals surface area contributed by atoms with Crippen molar-refractivity contribution in [3.63, 3.8) is 0 Å². The minimum absolute atomic E-state index is 0.364. The predicted molar refractivity (Wildman–Crippen MR) is 75.8 cm³/mol. The Kier molecular flexibility index (Phi) is 4.35. The first-order chi connectivity index (χ1) is 8.27. The third kappa shape index (κ3) is 3.42. The number of nitrogens with one attached hydrogen (secondary N) is 1. The van der Waals surface area contributed by atoms with Gasteiger partial charge >= 0.3 is 0 Å². The van der Waals surface area contributed by atoms with Gasteiger partial charge in [0.05, 0.1) is 0 Å². The second kappa shape index (κ2) is 5.99. The van der Waals surface area contributed by atoms with Gasteiger partial charge in [0.1, 0.15) is 0 Å². The average molecular weight is 290 g/mol. The summed E-state index contributed by atoms with van der Waals surface area (Å²) in [5.41, 5.74) is 2.61. The smallest absolute Gasteiger partial charge is 0.0294 e. The highest BCUT2D eigenvalue weighted by atomic mass is 79.9. The molecule has 0 spiro atoms. The molecule has 2 aromatic carbocycles. The van der Waals surface area contributed by atoms with Crippen molar-refractivity contribution >= 4 is 15.9 Å². The first-order valence-electron chi connectivity index (χ1n) is 5.79. The van der Waals surface area contributed by atoms with Crippen LogP contribution in [-0.2, 0) is 6.54 Å². The molecule has 0 saturated carbocycles. The maximum atomic E-state index is 3.56. The van der Waals surface area contributed by atoms with Crippen molar-refractivity contribution in [3.8, 4) is 0 Å². The van der Waals surface area contributed by atoms with Crippen LogP contribution in [0.25, 0.3) is 0 Å². The van der Waals surface area contributed by atoms with Crippen molar-refractivity contribution in [1.82, 2.24) is 5.32 Å². The van der Waals surface area contributed by atoms with Gasteiger partial charge in [-0.1, -0.05) is 64.5 Å². The first-order valence-corrected chi connectivity index (χ1v) is 6.58. The number of hydrogen-bond acceptors (Lipinski definition) is 1. The highest BCUT2D eigenvalue weighted by molar-refractivity contribution is 9.10. The van der Waals surface area contributed by atoms with Gasteiger partial charge in [0.25, 0.3) is 0 Å². The van der Waals surface area contributed by atoms with Gasteiger partial charge in [-0.3, -0.25) is 0 Å². The largest absolute Gasteiger partial charge is 0.306 e. The molecule has 88 valence electrons. The lowest BCUT2D eigenvalue weighted by atomic mass is 10.1. The molecule has 2 aromatic rings. The molecule has 0 aromatic heterocycles. The van der Waals surface area contributed by atoms with E-state index in [9.17, 15) is 0 Å². The van der Waals surface area contributed by atoms with E-state index in [0.29, 0.717) is 6.04 Å². The minimum Gasteiger partial charge on any atom is -0.306 e. The molecule has 0 aliphatic carbocycles. The maximum Gasteiger partial charge on any atom is 0.0294 e. The molecule has 1 atom stereocenters. The van der Waals surface area contributed by atoms with E-state index in [0.717, 1.165) is 11.0 Å². The minimum atomic E-state index is 0.364. The number of benzene rings is 2. The van der Waals surface area contributed by atoms with Crippen molar-refractivity contribution in [3.05, 3.63) is 70.2 Å². The van der Waals surface area contributed by atoms with Gasteiger partial charge in [0.2, 0.25) is 0 Å². The molecule has 0 fully saturated rings. The van der Waals surface area contributed by atoms with Crippen LogP contribution in [0, 0.1) is 0 Å². The lowest BCUT2D eigenvalue weighted by Gasteiger charge is -2.14. The van der Waals surface area contributed by atoms with Crippen molar-refractivity contribution in [2.75, 3.05) is 0 Å². The molecule has 0 unspecified atom stereocenters. The van der Waals surface area contributed by atoms with Crippen LogP contribution in [0.15, 0.2) is 59.1 Å². The van der Waals surface area contributed by atoms with Crippen LogP contribution < -0.4 is 5.32 Å². The quantitative estimate of drug-likeness (QED) is 0.885. The zero-order chi connectivity index (χ0) is 12.1. The van der Waals surface area contributed by atoms with Gasteiger partial charge in [0, 0.05) is 17.1 Å².